The van der Waals surface area contributed by atoms with E-state index in [2.05, 4.69) is 10.3 Å². The fraction of sp³-hybridized carbons (Fsp3) is 0.400. The second-order valence-corrected chi connectivity index (χ2v) is 9.43. The molecule has 7 heteroatoms. The minimum Gasteiger partial charge on any atom is -0.472 e. The van der Waals surface area contributed by atoms with E-state index in [0.717, 1.165) is 23.9 Å². The first-order valence-corrected chi connectivity index (χ1v) is 11.3. The fourth-order valence-corrected chi connectivity index (χ4v) is 4.94. The van der Waals surface area contributed by atoms with E-state index in [1.54, 1.807) is 12.3 Å². The SMILES string of the molecule is CC1(C)CC(=O)c2c(n(-c3ccc(C(N)=O)c(NC4CCCCC4)c3)c3ncccc23)O1. The van der Waals surface area contributed by atoms with Gasteiger partial charge in [-0.1, -0.05) is 19.3 Å². The topological polar surface area (TPSA) is 99.2 Å². The summed E-state index contributed by atoms with van der Waals surface area (Å²) < 4.78 is 8.19. The molecule has 1 aromatic carbocycles. The van der Waals surface area contributed by atoms with Crippen molar-refractivity contribution >= 4 is 28.4 Å². The number of hydrogen-bond acceptors (Lipinski definition) is 5. The number of carbonyl (C=O) groups is 2. The number of primary amides is 1. The highest BCUT2D eigenvalue weighted by Crippen LogP contribution is 2.42. The number of amides is 1. The van der Waals surface area contributed by atoms with E-state index in [1.807, 2.05) is 42.7 Å². The predicted octanol–water partition coefficient (Wildman–Crippen LogP) is 4.61. The molecular weight excluding hydrogens is 404 g/mol. The standard InChI is InChI=1S/C25H28N4O3/c1-25(2)14-20(30)21-18-9-6-12-27-23(18)29(24(21)32-25)16-10-11-17(22(26)31)19(13-16)28-15-7-4-3-5-8-15/h6,9-13,15,28H,3-5,7-8,14H2,1-2H3,(H2,26,31). The zero-order valence-corrected chi connectivity index (χ0v) is 18.5. The molecule has 0 atom stereocenters. The molecule has 0 bridgehead atoms. The van der Waals surface area contributed by atoms with E-state index >= 15 is 0 Å². The molecule has 1 saturated carbocycles. The number of nitrogens with two attached hydrogens (primary N) is 1. The van der Waals surface area contributed by atoms with Crippen molar-refractivity contribution in [2.75, 3.05) is 5.32 Å². The van der Waals surface area contributed by atoms with Gasteiger partial charge in [0.2, 0.25) is 5.88 Å². The first-order chi connectivity index (χ1) is 15.3. The van der Waals surface area contributed by atoms with Gasteiger partial charge in [-0.15, -0.1) is 0 Å². The van der Waals surface area contributed by atoms with Crippen molar-refractivity contribution in [2.24, 2.45) is 5.73 Å². The van der Waals surface area contributed by atoms with E-state index < -0.39 is 11.5 Å². The number of ketones is 1. The number of carbonyl (C=O) groups excluding carboxylic acids is 2. The minimum absolute atomic E-state index is 0.0438. The number of hydrogen-bond donors (Lipinski definition) is 2. The zero-order chi connectivity index (χ0) is 22.5. The summed E-state index contributed by atoms with van der Waals surface area (Å²) >= 11 is 0. The molecule has 2 aliphatic rings. The van der Waals surface area contributed by atoms with E-state index in [0.29, 0.717) is 40.8 Å². The second kappa shape index (κ2) is 7.65. The number of nitrogens with one attached hydrogen (secondary N) is 1. The summed E-state index contributed by atoms with van der Waals surface area (Å²) in [5, 5.41) is 4.31. The number of benzene rings is 1. The number of nitrogens with zero attached hydrogens (tertiary/aromatic N) is 2. The van der Waals surface area contributed by atoms with E-state index in [-0.39, 0.29) is 5.78 Å². The monoisotopic (exact) mass is 432 g/mol. The van der Waals surface area contributed by atoms with Crippen molar-refractivity contribution < 1.29 is 14.3 Å². The van der Waals surface area contributed by atoms with E-state index in [9.17, 15) is 9.59 Å². The van der Waals surface area contributed by atoms with Gasteiger partial charge in [0.15, 0.2) is 5.78 Å². The van der Waals surface area contributed by atoms with E-state index in [4.69, 9.17) is 10.5 Å². The Hall–Kier alpha value is -3.35. The van der Waals surface area contributed by atoms with Crippen molar-refractivity contribution in [2.45, 2.75) is 64.0 Å². The van der Waals surface area contributed by atoms with Crippen LogP contribution < -0.4 is 15.8 Å². The Morgan fingerprint density at radius 2 is 2.00 bits per heavy atom. The van der Waals surface area contributed by atoms with Crippen LogP contribution in [0.5, 0.6) is 5.88 Å². The van der Waals surface area contributed by atoms with Gasteiger partial charge in [-0.3, -0.25) is 14.2 Å². The highest BCUT2D eigenvalue weighted by molar-refractivity contribution is 6.11. The largest absolute Gasteiger partial charge is 0.472 e. The summed E-state index contributed by atoms with van der Waals surface area (Å²) in [6.07, 6.45) is 7.74. The molecule has 3 N–H and O–H groups in total. The molecule has 0 unspecified atom stereocenters. The van der Waals surface area contributed by atoms with Gasteiger partial charge < -0.3 is 15.8 Å². The zero-order valence-electron chi connectivity index (χ0n) is 18.5. The molecular formula is C25H28N4O3. The van der Waals surface area contributed by atoms with Gasteiger partial charge in [0.05, 0.1) is 23.2 Å². The van der Waals surface area contributed by atoms with Crippen LogP contribution in [0.4, 0.5) is 5.69 Å². The molecule has 1 amide bonds. The molecule has 0 radical (unpaired) electrons. The first-order valence-electron chi connectivity index (χ1n) is 11.3. The Labute approximate surface area is 187 Å². The van der Waals surface area contributed by atoms with Crippen molar-refractivity contribution in [3.63, 3.8) is 0 Å². The molecule has 7 nitrogen and oxygen atoms in total. The third kappa shape index (κ3) is 3.51. The third-order valence-electron chi connectivity index (χ3n) is 6.41. The maximum atomic E-state index is 13.0. The summed E-state index contributed by atoms with van der Waals surface area (Å²) in [6.45, 7) is 3.82. The van der Waals surface area contributed by atoms with Crippen molar-refractivity contribution in [3.8, 4) is 11.6 Å². The molecule has 3 heterocycles. The van der Waals surface area contributed by atoms with Crippen LogP contribution in [0.15, 0.2) is 36.5 Å². The molecule has 32 heavy (non-hydrogen) atoms. The molecule has 166 valence electrons. The molecule has 1 aliphatic heterocycles. The highest BCUT2D eigenvalue weighted by atomic mass is 16.5. The summed E-state index contributed by atoms with van der Waals surface area (Å²) in [5.74, 6) is 0.0673. The molecule has 0 spiro atoms. The molecule has 2 aromatic heterocycles. The van der Waals surface area contributed by atoms with Crippen LogP contribution in [0.3, 0.4) is 0 Å². The Kier molecular flexibility index (Phi) is 4.92. The third-order valence-corrected chi connectivity index (χ3v) is 6.41. The fourth-order valence-electron chi connectivity index (χ4n) is 4.94. The van der Waals surface area contributed by atoms with Gasteiger partial charge in [0.1, 0.15) is 11.2 Å². The lowest BCUT2D eigenvalue weighted by atomic mass is 9.94. The van der Waals surface area contributed by atoms with Gasteiger partial charge in [0.25, 0.3) is 5.91 Å². The Morgan fingerprint density at radius 3 is 2.75 bits per heavy atom. The number of Topliss-reactive ketones (excluding diaryl/α,β-unsaturated/α-hetero) is 1. The molecule has 0 saturated heterocycles. The van der Waals surface area contributed by atoms with Crippen LogP contribution in [0.25, 0.3) is 16.7 Å². The van der Waals surface area contributed by atoms with Gasteiger partial charge in [0, 0.05) is 23.3 Å². The van der Waals surface area contributed by atoms with Crippen molar-refractivity contribution in [1.82, 2.24) is 9.55 Å². The molecule has 5 rings (SSSR count). The van der Waals surface area contributed by atoms with Gasteiger partial charge >= 0.3 is 0 Å². The van der Waals surface area contributed by atoms with Crippen LogP contribution in [-0.2, 0) is 0 Å². The lowest BCUT2D eigenvalue weighted by molar-refractivity contribution is 0.0588. The van der Waals surface area contributed by atoms with Crippen molar-refractivity contribution in [1.29, 1.82) is 0 Å². The maximum Gasteiger partial charge on any atom is 0.250 e. The summed E-state index contributed by atoms with van der Waals surface area (Å²) in [4.78, 5) is 29.7. The molecule has 3 aromatic rings. The lowest BCUT2D eigenvalue weighted by Crippen LogP contribution is -2.36. The first kappa shape index (κ1) is 20.5. The lowest BCUT2D eigenvalue weighted by Gasteiger charge is -2.31. The smallest absolute Gasteiger partial charge is 0.250 e. The number of anilines is 1. The maximum absolute atomic E-state index is 13.0. The van der Waals surface area contributed by atoms with Gasteiger partial charge in [-0.05, 0) is 57.0 Å². The van der Waals surface area contributed by atoms with Crippen molar-refractivity contribution in [3.05, 3.63) is 47.7 Å². The van der Waals surface area contributed by atoms with Gasteiger partial charge in [-0.25, -0.2) is 4.98 Å². The summed E-state index contributed by atoms with van der Waals surface area (Å²) in [7, 11) is 0. The normalized spacial score (nSPS) is 18.2. The highest BCUT2D eigenvalue weighted by Gasteiger charge is 2.38. The number of pyridine rings is 1. The Balaban J connectivity index is 1.68. The van der Waals surface area contributed by atoms with Crippen LogP contribution in [-0.4, -0.2) is 32.9 Å². The minimum atomic E-state index is -0.618. The van der Waals surface area contributed by atoms with Crippen LogP contribution >= 0.6 is 0 Å². The number of fused-ring (bicyclic) bond motifs is 3. The molecule has 1 fully saturated rings. The quantitative estimate of drug-likeness (QED) is 0.627. The number of rotatable bonds is 4. The summed E-state index contributed by atoms with van der Waals surface area (Å²) in [5.41, 5.74) is 8.20. The number of ether oxygens (including phenoxy) is 1. The predicted molar refractivity (Wildman–Crippen MR) is 124 cm³/mol. The van der Waals surface area contributed by atoms with Crippen LogP contribution in [0.1, 0.15) is 73.1 Å². The van der Waals surface area contributed by atoms with Crippen LogP contribution in [0, 0.1) is 0 Å². The average Bonchev–Trinajstić information content (AvgIpc) is 3.07. The van der Waals surface area contributed by atoms with Crippen LogP contribution in [0.2, 0.25) is 0 Å². The number of aromatic nitrogens is 2. The molecule has 1 aliphatic carbocycles. The van der Waals surface area contributed by atoms with E-state index in [1.165, 1.54) is 19.3 Å². The van der Waals surface area contributed by atoms with Gasteiger partial charge in [-0.2, -0.15) is 0 Å². The second-order valence-electron chi connectivity index (χ2n) is 9.43. The Morgan fingerprint density at radius 1 is 1.22 bits per heavy atom. The Bertz CT molecular complexity index is 1220. The average molecular weight is 433 g/mol. The summed E-state index contributed by atoms with van der Waals surface area (Å²) in [6, 6.07) is 9.51.